The molecule has 0 saturated heterocycles. The molecule has 2 aromatic heterocycles. The third kappa shape index (κ3) is 5.32. The van der Waals surface area contributed by atoms with Gasteiger partial charge < -0.3 is 14.3 Å². The monoisotopic (exact) mass is 466 g/mol. The van der Waals surface area contributed by atoms with E-state index < -0.39 is 5.97 Å². The van der Waals surface area contributed by atoms with Crippen LogP contribution in [0.3, 0.4) is 0 Å². The molecule has 1 N–H and O–H groups in total. The Morgan fingerprint density at radius 2 is 1.91 bits per heavy atom. The molecule has 176 valence electrons. The second-order valence-electron chi connectivity index (χ2n) is 8.54. The zero-order chi connectivity index (χ0) is 24.0. The highest BCUT2D eigenvalue weighted by Gasteiger charge is 2.18. The maximum Gasteiger partial charge on any atom is 0.341 e. The molecule has 0 atom stereocenters. The molecule has 0 unspecified atom stereocenters. The largest absolute Gasteiger partial charge is 0.482 e. The van der Waals surface area contributed by atoms with E-state index in [-0.39, 0.29) is 6.61 Å². The maximum absolute atomic E-state index is 10.9. The van der Waals surface area contributed by atoms with E-state index in [0.29, 0.717) is 18.1 Å². The summed E-state index contributed by atoms with van der Waals surface area (Å²) in [7, 11) is 0. The molecule has 6 heteroatoms. The summed E-state index contributed by atoms with van der Waals surface area (Å²) in [5, 5.41) is 8.95. The Kier molecular flexibility index (Phi) is 6.70. The van der Waals surface area contributed by atoms with E-state index in [1.54, 1.807) is 12.5 Å². The molecule has 2 aromatic carbocycles. The van der Waals surface area contributed by atoms with Gasteiger partial charge in [0.15, 0.2) is 12.5 Å². The molecule has 1 aliphatic carbocycles. The minimum absolute atomic E-state index is 0.332. The van der Waals surface area contributed by atoms with Crippen LogP contribution in [0.2, 0.25) is 0 Å². The number of rotatable bonds is 9. The fourth-order valence-corrected chi connectivity index (χ4v) is 4.59. The predicted octanol–water partition coefficient (Wildman–Crippen LogP) is 5.75. The summed E-state index contributed by atoms with van der Waals surface area (Å²) in [4.78, 5) is 19.9. The van der Waals surface area contributed by atoms with Crippen LogP contribution in [0, 0.1) is 0 Å². The van der Waals surface area contributed by atoms with Crippen molar-refractivity contribution < 1.29 is 19.1 Å². The molecule has 2 heterocycles. The average Bonchev–Trinajstić information content (AvgIpc) is 3.34. The number of aliphatic carboxylic acids is 1. The third-order valence-corrected chi connectivity index (χ3v) is 6.20. The number of aromatic nitrogens is 2. The number of pyridine rings is 1. The third-order valence-electron chi connectivity index (χ3n) is 6.20. The second kappa shape index (κ2) is 10.4. The van der Waals surface area contributed by atoms with Crippen LogP contribution in [0.15, 0.2) is 83.7 Å². The molecule has 0 bridgehead atoms. The molecule has 0 saturated carbocycles. The summed E-state index contributed by atoms with van der Waals surface area (Å²) >= 11 is 0. The lowest BCUT2D eigenvalue weighted by Crippen LogP contribution is -2.12. The Hall–Kier alpha value is -4.19. The Balaban J connectivity index is 1.27. The van der Waals surface area contributed by atoms with Crippen LogP contribution in [0.25, 0.3) is 16.7 Å². The van der Waals surface area contributed by atoms with E-state index in [4.69, 9.17) is 19.2 Å². The maximum atomic E-state index is 10.9. The Labute approximate surface area is 203 Å². The molecule has 0 amide bonds. The highest BCUT2D eigenvalue weighted by atomic mass is 16.5. The van der Waals surface area contributed by atoms with Gasteiger partial charge in [0.1, 0.15) is 12.0 Å². The number of carboxylic acids is 1. The number of fused-ring (bicyclic) bond motifs is 1. The fraction of sp³-hybridized carbons (Fsp3) is 0.207. The minimum atomic E-state index is -0.973. The van der Waals surface area contributed by atoms with Crippen molar-refractivity contribution in [1.29, 1.82) is 0 Å². The van der Waals surface area contributed by atoms with Crippen LogP contribution in [0.4, 0.5) is 0 Å². The van der Waals surface area contributed by atoms with Crippen molar-refractivity contribution in [3.63, 3.8) is 0 Å². The lowest BCUT2D eigenvalue weighted by atomic mass is 9.87. The van der Waals surface area contributed by atoms with Crippen molar-refractivity contribution in [1.82, 2.24) is 9.97 Å². The first kappa shape index (κ1) is 22.6. The molecule has 6 nitrogen and oxygen atoms in total. The average molecular weight is 467 g/mol. The van der Waals surface area contributed by atoms with E-state index in [1.807, 2.05) is 36.5 Å². The Morgan fingerprint density at radius 1 is 1.03 bits per heavy atom. The van der Waals surface area contributed by atoms with Gasteiger partial charge in [-0.15, -0.1) is 0 Å². The Bertz CT molecular complexity index is 1360. The summed E-state index contributed by atoms with van der Waals surface area (Å²) in [6, 6.07) is 18.1. The summed E-state index contributed by atoms with van der Waals surface area (Å²) < 4.78 is 11.3. The van der Waals surface area contributed by atoms with E-state index in [1.165, 1.54) is 5.57 Å². The van der Waals surface area contributed by atoms with Crippen LogP contribution in [-0.2, 0) is 24.1 Å². The zero-order valence-corrected chi connectivity index (χ0v) is 19.3. The van der Waals surface area contributed by atoms with Gasteiger partial charge in [-0.05, 0) is 60.1 Å². The standard InChI is InChI=1S/C29H26N2O4/c32-29(33)19-34-27-12-4-10-25-20(7-3-11-26(25)27)13-14-23-18-35-28(31-23)16-21-6-1-2-9-24(21)22-8-5-15-30-17-22/h1-2,4-10,12,15,17-18H,3,11,13-14,16,19H2,(H,32,33). The number of carboxylic acid groups (broad SMARTS) is 1. The molecule has 0 spiro atoms. The number of oxazole rings is 1. The highest BCUT2D eigenvalue weighted by molar-refractivity contribution is 5.73. The van der Waals surface area contributed by atoms with Gasteiger partial charge in [0.25, 0.3) is 0 Å². The summed E-state index contributed by atoms with van der Waals surface area (Å²) in [6.45, 7) is -0.332. The predicted molar refractivity (Wildman–Crippen MR) is 133 cm³/mol. The quantitative estimate of drug-likeness (QED) is 0.338. The normalized spacial score (nSPS) is 12.6. The van der Waals surface area contributed by atoms with Crippen LogP contribution in [0.1, 0.15) is 41.1 Å². The number of ether oxygens (including phenoxy) is 1. The first-order chi connectivity index (χ1) is 17.2. The fourth-order valence-electron chi connectivity index (χ4n) is 4.59. The van der Waals surface area contributed by atoms with Crippen LogP contribution >= 0.6 is 0 Å². The topological polar surface area (TPSA) is 85.5 Å². The number of hydrogen-bond donors (Lipinski definition) is 1. The lowest BCUT2D eigenvalue weighted by molar-refractivity contribution is -0.139. The number of carbonyl (C=O) groups is 1. The van der Waals surface area contributed by atoms with E-state index in [2.05, 4.69) is 35.3 Å². The first-order valence-electron chi connectivity index (χ1n) is 11.7. The van der Waals surface area contributed by atoms with Crippen molar-refractivity contribution in [2.45, 2.75) is 32.1 Å². The summed E-state index contributed by atoms with van der Waals surface area (Å²) in [5.74, 6) is 0.379. The smallest absolute Gasteiger partial charge is 0.341 e. The molecule has 0 fully saturated rings. The molecule has 1 aliphatic rings. The summed E-state index contributed by atoms with van der Waals surface area (Å²) in [6.07, 6.45) is 11.6. The van der Waals surface area contributed by atoms with Gasteiger partial charge in [0.2, 0.25) is 0 Å². The van der Waals surface area contributed by atoms with Crippen molar-refractivity contribution in [2.24, 2.45) is 0 Å². The van der Waals surface area contributed by atoms with Gasteiger partial charge in [-0.25, -0.2) is 9.78 Å². The first-order valence-corrected chi connectivity index (χ1v) is 11.7. The van der Waals surface area contributed by atoms with Crippen molar-refractivity contribution in [3.05, 3.63) is 108 Å². The number of aryl methyl sites for hydroxylation is 1. The van der Waals surface area contributed by atoms with Gasteiger partial charge >= 0.3 is 5.97 Å². The van der Waals surface area contributed by atoms with Gasteiger partial charge in [-0.3, -0.25) is 4.98 Å². The SMILES string of the molecule is O=C(O)COc1cccc2c1CCC=C2CCc1coc(Cc2ccccc2-c2cccnc2)n1. The number of hydrogen-bond acceptors (Lipinski definition) is 5. The van der Waals surface area contributed by atoms with Crippen molar-refractivity contribution in [3.8, 4) is 16.9 Å². The molecule has 0 aliphatic heterocycles. The van der Waals surface area contributed by atoms with Crippen molar-refractivity contribution in [2.75, 3.05) is 6.61 Å². The molecule has 4 aromatic rings. The minimum Gasteiger partial charge on any atom is -0.482 e. The molecular weight excluding hydrogens is 440 g/mol. The van der Waals surface area contributed by atoms with Gasteiger partial charge in [-0.2, -0.15) is 0 Å². The highest BCUT2D eigenvalue weighted by Crippen LogP contribution is 2.35. The molecule has 35 heavy (non-hydrogen) atoms. The Morgan fingerprint density at radius 3 is 2.77 bits per heavy atom. The number of allylic oxidation sites excluding steroid dienone is 2. The van der Waals surface area contributed by atoms with Crippen LogP contribution in [-0.4, -0.2) is 27.7 Å². The van der Waals surface area contributed by atoms with E-state index in [0.717, 1.165) is 59.2 Å². The molecule has 5 rings (SSSR count). The van der Waals surface area contributed by atoms with Gasteiger partial charge in [0.05, 0.1) is 5.69 Å². The second-order valence-corrected chi connectivity index (χ2v) is 8.54. The van der Waals surface area contributed by atoms with Crippen LogP contribution in [0.5, 0.6) is 5.75 Å². The van der Waals surface area contributed by atoms with Crippen molar-refractivity contribution >= 4 is 11.5 Å². The van der Waals surface area contributed by atoms with Crippen LogP contribution < -0.4 is 4.74 Å². The van der Waals surface area contributed by atoms with Gasteiger partial charge in [-0.1, -0.05) is 48.5 Å². The molecule has 0 radical (unpaired) electrons. The zero-order valence-electron chi connectivity index (χ0n) is 19.3. The van der Waals surface area contributed by atoms with E-state index >= 15 is 0 Å². The number of nitrogens with zero attached hydrogens (tertiary/aromatic N) is 2. The van der Waals surface area contributed by atoms with E-state index in [9.17, 15) is 4.79 Å². The summed E-state index contributed by atoms with van der Waals surface area (Å²) in [5.41, 5.74) is 7.72. The lowest BCUT2D eigenvalue weighted by Gasteiger charge is -2.20. The van der Waals surface area contributed by atoms with Gasteiger partial charge in [0, 0.05) is 29.9 Å². The molecular formula is C29H26N2O4. The number of benzene rings is 2.